The van der Waals surface area contributed by atoms with Gasteiger partial charge in [0.15, 0.2) is 0 Å². The summed E-state index contributed by atoms with van der Waals surface area (Å²) in [5.41, 5.74) is 6.98. The monoisotopic (exact) mass is 232 g/mol. The summed E-state index contributed by atoms with van der Waals surface area (Å²) in [6.07, 6.45) is 1.41. The zero-order valence-electron chi connectivity index (χ0n) is 9.54. The molecular weight excluding hydrogens is 220 g/mol. The summed E-state index contributed by atoms with van der Waals surface area (Å²) in [6, 6.07) is 4.92. The Morgan fingerprint density at radius 1 is 1.47 bits per heavy atom. The fourth-order valence-electron chi connectivity index (χ4n) is 1.51. The molecule has 2 N–H and O–H groups in total. The molecule has 0 spiro atoms. The van der Waals surface area contributed by atoms with E-state index in [0.29, 0.717) is 22.7 Å². The lowest BCUT2D eigenvalue weighted by Gasteiger charge is -2.06. The van der Waals surface area contributed by atoms with Crippen molar-refractivity contribution in [2.24, 2.45) is 7.05 Å². The molecule has 1 aromatic carbocycles. The van der Waals surface area contributed by atoms with Crippen LogP contribution in [-0.2, 0) is 7.05 Å². The Bertz CT molecular complexity index is 562. The largest absolute Gasteiger partial charge is 0.497 e. The third kappa shape index (κ3) is 1.96. The molecule has 88 valence electrons. The van der Waals surface area contributed by atoms with E-state index in [1.165, 1.54) is 10.9 Å². The van der Waals surface area contributed by atoms with Crippen LogP contribution in [0.25, 0.3) is 0 Å². The lowest BCUT2D eigenvalue weighted by molar-refractivity contribution is 0.103. The maximum atomic E-state index is 12.1. The summed E-state index contributed by atoms with van der Waals surface area (Å²) in [5.74, 6) is 0.403. The number of carbonyl (C=O) groups excluding carboxylic acids is 1. The summed E-state index contributed by atoms with van der Waals surface area (Å²) in [4.78, 5) is 12.1. The number of methoxy groups -OCH3 is 1. The highest BCUT2D eigenvalue weighted by molar-refractivity contribution is 6.11. The summed E-state index contributed by atoms with van der Waals surface area (Å²) in [5, 5.41) is 7.37. The Hall–Kier alpha value is -2.37. The average molecular weight is 232 g/mol. The summed E-state index contributed by atoms with van der Waals surface area (Å²) in [7, 11) is 3.20. The Balaban J connectivity index is 2.41. The van der Waals surface area contributed by atoms with E-state index in [2.05, 4.69) is 10.3 Å². The van der Waals surface area contributed by atoms with E-state index in [-0.39, 0.29) is 5.78 Å². The first kappa shape index (κ1) is 11.1. The van der Waals surface area contributed by atoms with Crippen molar-refractivity contribution in [3.63, 3.8) is 0 Å². The van der Waals surface area contributed by atoms with Crippen LogP contribution in [0.15, 0.2) is 24.4 Å². The highest BCUT2D eigenvalue weighted by atomic mass is 16.5. The number of hydrogen-bond donors (Lipinski definition) is 1. The smallest absolute Gasteiger partial charge is 0.214 e. The zero-order valence-corrected chi connectivity index (χ0v) is 9.54. The second kappa shape index (κ2) is 4.25. The van der Waals surface area contributed by atoms with Gasteiger partial charge >= 0.3 is 0 Å². The van der Waals surface area contributed by atoms with Crippen molar-refractivity contribution in [2.45, 2.75) is 0 Å². The van der Waals surface area contributed by atoms with Crippen LogP contribution in [0.1, 0.15) is 16.1 Å². The Morgan fingerprint density at radius 3 is 2.76 bits per heavy atom. The van der Waals surface area contributed by atoms with Crippen LogP contribution in [-0.4, -0.2) is 27.9 Å². The molecule has 0 amide bonds. The molecule has 1 aromatic heterocycles. The number of aryl methyl sites for hydroxylation is 1. The van der Waals surface area contributed by atoms with Crippen LogP contribution in [0.2, 0.25) is 0 Å². The molecule has 2 aromatic rings. The molecule has 0 atom stereocenters. The van der Waals surface area contributed by atoms with Crippen LogP contribution in [0.4, 0.5) is 5.69 Å². The average Bonchev–Trinajstić information content (AvgIpc) is 2.74. The Labute approximate surface area is 98.0 Å². The van der Waals surface area contributed by atoms with Gasteiger partial charge in [-0.1, -0.05) is 5.21 Å². The van der Waals surface area contributed by atoms with Crippen LogP contribution in [0, 0.1) is 0 Å². The number of aromatic nitrogens is 3. The highest BCUT2D eigenvalue weighted by Crippen LogP contribution is 2.21. The predicted octanol–water partition coefficient (Wildman–Crippen LogP) is 0.637. The number of ether oxygens (including phenoxy) is 1. The third-order valence-electron chi connectivity index (χ3n) is 2.45. The molecule has 0 fully saturated rings. The number of nitrogen functional groups attached to an aromatic ring is 1. The molecule has 0 unspecified atom stereocenters. The van der Waals surface area contributed by atoms with Crippen molar-refractivity contribution in [1.82, 2.24) is 15.0 Å². The maximum Gasteiger partial charge on any atom is 0.214 e. The van der Waals surface area contributed by atoms with Gasteiger partial charge in [0.1, 0.15) is 11.4 Å². The second-order valence-corrected chi connectivity index (χ2v) is 3.53. The maximum absolute atomic E-state index is 12.1. The standard InChI is InChI=1S/C11H12N4O2/c1-15-10(6-13-14-15)11(16)8-4-3-7(17-2)5-9(8)12/h3-6H,12H2,1-2H3. The van der Waals surface area contributed by atoms with Gasteiger partial charge in [-0.2, -0.15) is 0 Å². The van der Waals surface area contributed by atoms with Gasteiger partial charge in [0.05, 0.1) is 13.3 Å². The molecular formula is C11H12N4O2. The number of nitrogens with two attached hydrogens (primary N) is 1. The number of hydrogen-bond acceptors (Lipinski definition) is 5. The van der Waals surface area contributed by atoms with E-state index in [4.69, 9.17) is 10.5 Å². The van der Waals surface area contributed by atoms with Gasteiger partial charge < -0.3 is 10.5 Å². The third-order valence-corrected chi connectivity index (χ3v) is 2.45. The van der Waals surface area contributed by atoms with Gasteiger partial charge in [0, 0.05) is 24.4 Å². The van der Waals surface area contributed by atoms with E-state index in [1.807, 2.05) is 0 Å². The number of carbonyl (C=O) groups is 1. The van der Waals surface area contributed by atoms with Crippen molar-refractivity contribution >= 4 is 11.5 Å². The van der Waals surface area contributed by atoms with E-state index in [0.717, 1.165) is 0 Å². The Morgan fingerprint density at radius 2 is 2.24 bits per heavy atom. The first-order valence-corrected chi connectivity index (χ1v) is 4.96. The molecule has 0 saturated heterocycles. The summed E-state index contributed by atoms with van der Waals surface area (Å²) >= 11 is 0. The fraction of sp³-hybridized carbons (Fsp3) is 0.182. The summed E-state index contributed by atoms with van der Waals surface area (Å²) in [6.45, 7) is 0. The number of rotatable bonds is 3. The normalized spacial score (nSPS) is 10.2. The van der Waals surface area contributed by atoms with Crippen molar-refractivity contribution in [1.29, 1.82) is 0 Å². The number of benzene rings is 1. The molecule has 1 heterocycles. The summed E-state index contributed by atoms with van der Waals surface area (Å²) < 4.78 is 6.43. The van der Waals surface area contributed by atoms with Crippen LogP contribution in [0.3, 0.4) is 0 Å². The highest BCUT2D eigenvalue weighted by Gasteiger charge is 2.16. The van der Waals surface area contributed by atoms with Crippen LogP contribution >= 0.6 is 0 Å². The first-order chi connectivity index (χ1) is 8.13. The van der Waals surface area contributed by atoms with Gasteiger partial charge in [-0.25, -0.2) is 4.68 Å². The lowest BCUT2D eigenvalue weighted by atomic mass is 10.1. The molecule has 0 bridgehead atoms. The molecule has 6 nitrogen and oxygen atoms in total. The van der Waals surface area contributed by atoms with Gasteiger partial charge in [0.25, 0.3) is 0 Å². The SMILES string of the molecule is COc1ccc(C(=O)c2cnnn2C)c(N)c1. The first-order valence-electron chi connectivity index (χ1n) is 4.96. The molecule has 0 radical (unpaired) electrons. The van der Waals surface area contributed by atoms with Crippen molar-refractivity contribution in [3.8, 4) is 5.75 Å². The quantitative estimate of drug-likeness (QED) is 0.620. The number of nitrogens with zero attached hydrogens (tertiary/aromatic N) is 3. The zero-order chi connectivity index (χ0) is 12.4. The molecule has 0 aliphatic carbocycles. The number of ketones is 1. The molecule has 0 aliphatic heterocycles. The van der Waals surface area contributed by atoms with Crippen LogP contribution < -0.4 is 10.5 Å². The topological polar surface area (TPSA) is 83.0 Å². The van der Waals surface area contributed by atoms with Gasteiger partial charge in [-0.3, -0.25) is 4.79 Å². The molecule has 17 heavy (non-hydrogen) atoms. The minimum absolute atomic E-state index is 0.211. The van der Waals surface area contributed by atoms with E-state index >= 15 is 0 Å². The number of anilines is 1. The lowest BCUT2D eigenvalue weighted by Crippen LogP contribution is -2.10. The van der Waals surface area contributed by atoms with Gasteiger partial charge in [-0.05, 0) is 12.1 Å². The van der Waals surface area contributed by atoms with Crippen molar-refractivity contribution < 1.29 is 9.53 Å². The van der Waals surface area contributed by atoms with Gasteiger partial charge in [0.2, 0.25) is 5.78 Å². The molecule has 6 heteroatoms. The van der Waals surface area contributed by atoms with Crippen LogP contribution in [0.5, 0.6) is 5.75 Å². The molecule has 2 rings (SSSR count). The van der Waals surface area contributed by atoms with Crippen molar-refractivity contribution in [2.75, 3.05) is 12.8 Å². The molecule has 0 saturated carbocycles. The van der Waals surface area contributed by atoms with E-state index in [1.54, 1.807) is 32.4 Å². The molecule has 0 aliphatic rings. The minimum Gasteiger partial charge on any atom is -0.497 e. The fourth-order valence-corrected chi connectivity index (χ4v) is 1.51. The minimum atomic E-state index is -0.211. The van der Waals surface area contributed by atoms with Gasteiger partial charge in [-0.15, -0.1) is 5.10 Å². The van der Waals surface area contributed by atoms with Crippen molar-refractivity contribution in [3.05, 3.63) is 35.7 Å². The predicted molar refractivity (Wildman–Crippen MR) is 61.8 cm³/mol. The van der Waals surface area contributed by atoms with E-state index in [9.17, 15) is 4.79 Å². The Kier molecular flexibility index (Phi) is 2.78. The van der Waals surface area contributed by atoms with E-state index < -0.39 is 0 Å². The second-order valence-electron chi connectivity index (χ2n) is 3.53.